The van der Waals surface area contributed by atoms with Crippen LogP contribution in [0.15, 0.2) is 60.7 Å². The van der Waals surface area contributed by atoms with Crippen LogP contribution in [0.5, 0.6) is 0 Å². The van der Waals surface area contributed by atoms with Gasteiger partial charge in [-0.25, -0.2) is 0 Å². The van der Waals surface area contributed by atoms with Crippen LogP contribution in [0.1, 0.15) is 33.7 Å². The first kappa shape index (κ1) is 18.0. The molecule has 28 heavy (non-hydrogen) atoms. The molecule has 0 fully saturated rings. The number of aryl methyl sites for hydroxylation is 3. The van der Waals surface area contributed by atoms with Crippen molar-refractivity contribution >= 4 is 17.5 Å². The number of nitrogens with one attached hydrogen (secondary N) is 3. The van der Waals surface area contributed by atoms with Gasteiger partial charge in [0.1, 0.15) is 11.7 Å². The zero-order valence-electron chi connectivity index (χ0n) is 15.4. The molecule has 6 nitrogen and oxygen atoms in total. The number of benzene rings is 2. The largest absolute Gasteiger partial charge is 0.339 e. The standard InChI is InChI=1S/C22H22N4O2/c27-21-19(13-11-16-8-4-5-9-18(16)23-21)24-22(28)20-14-17(25-26-20)12-10-15-6-2-1-3-7-15/h1-9,14,19H,10-13H2,(H,23,27)(H,24,28)(H,25,26). The molecule has 1 unspecified atom stereocenters. The normalized spacial score (nSPS) is 16.0. The second kappa shape index (κ2) is 8.08. The van der Waals surface area contributed by atoms with Gasteiger partial charge in [-0.05, 0) is 48.9 Å². The molecule has 0 saturated carbocycles. The van der Waals surface area contributed by atoms with Gasteiger partial charge in [-0.15, -0.1) is 0 Å². The zero-order valence-corrected chi connectivity index (χ0v) is 15.4. The minimum Gasteiger partial charge on any atom is -0.339 e. The number of H-pyrrole nitrogens is 1. The molecule has 1 atom stereocenters. The lowest BCUT2D eigenvalue weighted by atomic mass is 10.1. The van der Waals surface area contributed by atoms with Crippen molar-refractivity contribution in [1.29, 1.82) is 0 Å². The van der Waals surface area contributed by atoms with Gasteiger partial charge in [0.15, 0.2) is 0 Å². The monoisotopic (exact) mass is 374 g/mol. The molecule has 0 saturated heterocycles. The van der Waals surface area contributed by atoms with E-state index in [0.29, 0.717) is 12.1 Å². The van der Waals surface area contributed by atoms with Gasteiger partial charge in [-0.1, -0.05) is 48.5 Å². The average molecular weight is 374 g/mol. The fourth-order valence-corrected chi connectivity index (χ4v) is 3.41. The van der Waals surface area contributed by atoms with Crippen LogP contribution in [0.4, 0.5) is 5.69 Å². The van der Waals surface area contributed by atoms with Crippen molar-refractivity contribution in [2.24, 2.45) is 0 Å². The average Bonchev–Trinajstić information content (AvgIpc) is 3.14. The molecular formula is C22H22N4O2. The number of carbonyl (C=O) groups excluding carboxylic acids is 2. The molecule has 1 aliphatic rings. The Balaban J connectivity index is 1.36. The fraction of sp³-hybridized carbons (Fsp3) is 0.227. The maximum absolute atomic E-state index is 12.6. The number of nitrogens with zero attached hydrogens (tertiary/aromatic N) is 1. The first-order chi connectivity index (χ1) is 13.7. The SMILES string of the molecule is O=C(NC1CCc2ccccc2NC1=O)c1cc(CCc2ccccc2)[nH]n1. The zero-order chi connectivity index (χ0) is 19.3. The van der Waals surface area contributed by atoms with Crippen molar-refractivity contribution < 1.29 is 9.59 Å². The van der Waals surface area contributed by atoms with E-state index in [1.54, 1.807) is 6.07 Å². The maximum atomic E-state index is 12.6. The highest BCUT2D eigenvalue weighted by molar-refractivity contribution is 6.01. The lowest BCUT2D eigenvalue weighted by molar-refractivity contribution is -0.118. The summed E-state index contributed by atoms with van der Waals surface area (Å²) in [4.78, 5) is 25.0. The third kappa shape index (κ3) is 4.11. The Kier molecular flexibility index (Phi) is 5.19. The van der Waals surface area contributed by atoms with E-state index in [1.165, 1.54) is 5.56 Å². The van der Waals surface area contributed by atoms with Crippen LogP contribution in [0, 0.1) is 0 Å². The summed E-state index contributed by atoms with van der Waals surface area (Å²) in [6.07, 6.45) is 2.92. The van der Waals surface area contributed by atoms with E-state index in [-0.39, 0.29) is 11.8 Å². The molecule has 2 heterocycles. The Morgan fingerprint density at radius 1 is 1.07 bits per heavy atom. The smallest absolute Gasteiger partial charge is 0.272 e. The molecule has 3 N–H and O–H groups in total. The number of anilines is 1. The second-order valence-corrected chi connectivity index (χ2v) is 6.98. The van der Waals surface area contributed by atoms with Crippen molar-refractivity contribution in [2.75, 3.05) is 5.32 Å². The summed E-state index contributed by atoms with van der Waals surface area (Å²) in [6, 6.07) is 19.0. The molecule has 4 rings (SSSR count). The molecule has 1 aromatic heterocycles. The molecule has 2 aromatic carbocycles. The molecular weight excluding hydrogens is 352 g/mol. The lowest BCUT2D eigenvalue weighted by Crippen LogP contribution is -2.43. The molecule has 2 amide bonds. The topological polar surface area (TPSA) is 86.9 Å². The third-order valence-electron chi connectivity index (χ3n) is 4.99. The molecule has 142 valence electrons. The summed E-state index contributed by atoms with van der Waals surface area (Å²) >= 11 is 0. The van der Waals surface area contributed by atoms with Crippen LogP contribution in [-0.2, 0) is 24.1 Å². The summed E-state index contributed by atoms with van der Waals surface area (Å²) in [5, 5.41) is 12.7. The number of rotatable bonds is 5. The van der Waals surface area contributed by atoms with Gasteiger partial charge in [0, 0.05) is 11.4 Å². The first-order valence-corrected chi connectivity index (χ1v) is 9.47. The quantitative estimate of drug-likeness (QED) is 0.642. The third-order valence-corrected chi connectivity index (χ3v) is 4.99. The van der Waals surface area contributed by atoms with Crippen molar-refractivity contribution in [3.63, 3.8) is 0 Å². The minimum atomic E-state index is -0.579. The van der Waals surface area contributed by atoms with Crippen molar-refractivity contribution in [3.05, 3.63) is 83.2 Å². The molecule has 0 radical (unpaired) electrons. The van der Waals surface area contributed by atoms with E-state index in [1.807, 2.05) is 42.5 Å². The molecule has 6 heteroatoms. The summed E-state index contributed by atoms with van der Waals surface area (Å²) < 4.78 is 0. The van der Waals surface area contributed by atoms with Gasteiger partial charge in [-0.2, -0.15) is 5.10 Å². The molecule has 3 aromatic rings. The van der Waals surface area contributed by atoms with Gasteiger partial charge >= 0.3 is 0 Å². The van der Waals surface area contributed by atoms with Gasteiger partial charge in [0.05, 0.1) is 0 Å². The Bertz CT molecular complexity index is 981. The number of hydrogen-bond donors (Lipinski definition) is 3. The van der Waals surface area contributed by atoms with Crippen molar-refractivity contribution in [2.45, 2.75) is 31.7 Å². The summed E-state index contributed by atoms with van der Waals surface area (Å²) in [5.74, 6) is -0.536. The highest BCUT2D eigenvalue weighted by atomic mass is 16.2. The number of aromatic amines is 1. The maximum Gasteiger partial charge on any atom is 0.272 e. The Labute approximate surface area is 163 Å². The van der Waals surface area contributed by atoms with Crippen LogP contribution < -0.4 is 10.6 Å². The van der Waals surface area contributed by atoms with Gasteiger partial charge < -0.3 is 10.6 Å². The van der Waals surface area contributed by atoms with Gasteiger partial charge in [-0.3, -0.25) is 14.7 Å². The lowest BCUT2D eigenvalue weighted by Gasteiger charge is -2.14. The predicted molar refractivity (Wildman–Crippen MR) is 107 cm³/mol. The molecule has 1 aliphatic heterocycles. The number of carbonyl (C=O) groups is 2. The van der Waals surface area contributed by atoms with Crippen molar-refractivity contribution in [1.82, 2.24) is 15.5 Å². The Hall–Kier alpha value is -3.41. The second-order valence-electron chi connectivity index (χ2n) is 6.98. The van der Waals surface area contributed by atoms with Gasteiger partial charge in [0.2, 0.25) is 5.91 Å². The van der Waals surface area contributed by atoms with E-state index < -0.39 is 6.04 Å². The van der Waals surface area contributed by atoms with E-state index in [4.69, 9.17) is 0 Å². The molecule has 0 bridgehead atoms. The minimum absolute atomic E-state index is 0.196. The fourth-order valence-electron chi connectivity index (χ4n) is 3.41. The number of fused-ring (bicyclic) bond motifs is 1. The van der Waals surface area contributed by atoms with Crippen LogP contribution >= 0.6 is 0 Å². The summed E-state index contributed by atoms with van der Waals surface area (Å²) in [6.45, 7) is 0. The van der Waals surface area contributed by atoms with Crippen LogP contribution in [0.25, 0.3) is 0 Å². The molecule has 0 aliphatic carbocycles. The Morgan fingerprint density at radius 3 is 2.71 bits per heavy atom. The van der Waals surface area contributed by atoms with E-state index in [9.17, 15) is 9.59 Å². The van der Waals surface area contributed by atoms with Crippen LogP contribution in [-0.4, -0.2) is 28.1 Å². The highest BCUT2D eigenvalue weighted by Gasteiger charge is 2.26. The van der Waals surface area contributed by atoms with Crippen LogP contribution in [0.2, 0.25) is 0 Å². The van der Waals surface area contributed by atoms with E-state index >= 15 is 0 Å². The Morgan fingerprint density at radius 2 is 1.86 bits per heavy atom. The number of aromatic nitrogens is 2. The number of amides is 2. The van der Waals surface area contributed by atoms with Crippen LogP contribution in [0.3, 0.4) is 0 Å². The number of para-hydroxylation sites is 1. The van der Waals surface area contributed by atoms with E-state index in [0.717, 1.165) is 36.2 Å². The van der Waals surface area contributed by atoms with Crippen molar-refractivity contribution in [3.8, 4) is 0 Å². The number of hydrogen-bond acceptors (Lipinski definition) is 3. The van der Waals surface area contributed by atoms with Gasteiger partial charge in [0.25, 0.3) is 5.91 Å². The summed E-state index contributed by atoms with van der Waals surface area (Å²) in [7, 11) is 0. The van der Waals surface area contributed by atoms with E-state index in [2.05, 4.69) is 33.0 Å². The summed E-state index contributed by atoms with van der Waals surface area (Å²) in [5.41, 5.74) is 4.32. The first-order valence-electron chi connectivity index (χ1n) is 9.47. The highest BCUT2D eigenvalue weighted by Crippen LogP contribution is 2.21. The molecule has 0 spiro atoms. The predicted octanol–water partition coefficient (Wildman–Crippen LogP) is 2.88.